The van der Waals surface area contributed by atoms with E-state index in [9.17, 15) is 9.59 Å². The van der Waals surface area contributed by atoms with Gasteiger partial charge < -0.3 is 15.5 Å². The molecule has 5 nitrogen and oxygen atoms in total. The molecule has 2 aliphatic heterocycles. The summed E-state index contributed by atoms with van der Waals surface area (Å²) in [6, 6.07) is 0.419. The largest absolute Gasteiger partial charge is 0.347 e. The van der Waals surface area contributed by atoms with Crippen molar-refractivity contribution >= 4 is 11.8 Å². The Morgan fingerprint density at radius 3 is 3.00 bits per heavy atom. The van der Waals surface area contributed by atoms with Gasteiger partial charge in [-0.15, -0.1) is 0 Å². The van der Waals surface area contributed by atoms with Gasteiger partial charge in [-0.3, -0.25) is 9.59 Å². The molecule has 2 aliphatic rings. The molecule has 2 fully saturated rings. The lowest BCUT2D eigenvalue weighted by atomic mass is 10.2. The van der Waals surface area contributed by atoms with E-state index in [-0.39, 0.29) is 18.4 Å². The van der Waals surface area contributed by atoms with Crippen LogP contribution in [0.15, 0.2) is 0 Å². The van der Waals surface area contributed by atoms with Gasteiger partial charge >= 0.3 is 0 Å². The van der Waals surface area contributed by atoms with Crippen LogP contribution in [0.3, 0.4) is 0 Å². The highest BCUT2D eigenvalue weighted by Gasteiger charge is 2.24. The van der Waals surface area contributed by atoms with E-state index in [4.69, 9.17) is 0 Å². The number of nitrogens with zero attached hydrogens (tertiary/aromatic N) is 1. The Bertz CT molecular complexity index is 261. The van der Waals surface area contributed by atoms with Gasteiger partial charge in [0.05, 0.1) is 6.54 Å². The third-order valence-electron chi connectivity index (χ3n) is 3.00. The van der Waals surface area contributed by atoms with Crippen molar-refractivity contribution in [2.24, 2.45) is 0 Å². The summed E-state index contributed by atoms with van der Waals surface area (Å²) in [5, 5.41) is 5.96. The number of hydrogen-bond donors (Lipinski definition) is 2. The standard InChI is InChI=1S/C10H17N3O2/c14-9-3-5-13(10(15)6-12-9)7-8-2-1-4-11-8/h8,11H,1-7H2,(H,12,14). The first kappa shape index (κ1) is 10.4. The molecule has 0 bridgehead atoms. The summed E-state index contributed by atoms with van der Waals surface area (Å²) < 4.78 is 0. The van der Waals surface area contributed by atoms with Gasteiger partial charge in [0, 0.05) is 25.6 Å². The lowest BCUT2D eigenvalue weighted by Gasteiger charge is -2.23. The predicted molar refractivity (Wildman–Crippen MR) is 55.2 cm³/mol. The summed E-state index contributed by atoms with van der Waals surface area (Å²) in [6.45, 7) is 2.51. The third-order valence-corrected chi connectivity index (χ3v) is 3.00. The molecule has 0 aromatic carbocycles. The van der Waals surface area contributed by atoms with Gasteiger partial charge in [0.1, 0.15) is 0 Å². The summed E-state index contributed by atoms with van der Waals surface area (Å²) >= 11 is 0. The van der Waals surface area contributed by atoms with Crippen molar-refractivity contribution in [3.05, 3.63) is 0 Å². The normalized spacial score (nSPS) is 27.7. The lowest BCUT2D eigenvalue weighted by molar-refractivity contribution is -0.130. The van der Waals surface area contributed by atoms with Crippen molar-refractivity contribution in [2.75, 3.05) is 26.2 Å². The molecule has 2 heterocycles. The third kappa shape index (κ3) is 2.68. The van der Waals surface area contributed by atoms with Crippen molar-refractivity contribution in [2.45, 2.75) is 25.3 Å². The molecule has 2 amide bonds. The highest BCUT2D eigenvalue weighted by atomic mass is 16.2. The first-order chi connectivity index (χ1) is 7.25. The molecule has 1 unspecified atom stereocenters. The fourth-order valence-electron chi connectivity index (χ4n) is 2.11. The predicted octanol–water partition coefficient (Wildman–Crippen LogP) is -0.913. The van der Waals surface area contributed by atoms with Crippen LogP contribution in [-0.2, 0) is 9.59 Å². The Labute approximate surface area is 89.2 Å². The topological polar surface area (TPSA) is 61.4 Å². The maximum absolute atomic E-state index is 11.6. The van der Waals surface area contributed by atoms with Gasteiger partial charge in [-0.05, 0) is 19.4 Å². The Kier molecular flexibility index (Phi) is 3.20. The van der Waals surface area contributed by atoms with E-state index in [0.29, 0.717) is 19.0 Å². The molecule has 15 heavy (non-hydrogen) atoms. The zero-order valence-electron chi connectivity index (χ0n) is 8.79. The fourth-order valence-corrected chi connectivity index (χ4v) is 2.11. The minimum absolute atomic E-state index is 0.0229. The summed E-state index contributed by atoms with van der Waals surface area (Å²) in [4.78, 5) is 24.5. The maximum Gasteiger partial charge on any atom is 0.242 e. The molecule has 0 aromatic heterocycles. The van der Waals surface area contributed by atoms with E-state index in [1.807, 2.05) is 0 Å². The van der Waals surface area contributed by atoms with Crippen molar-refractivity contribution < 1.29 is 9.59 Å². The van der Waals surface area contributed by atoms with E-state index >= 15 is 0 Å². The number of carbonyl (C=O) groups is 2. The first-order valence-corrected chi connectivity index (χ1v) is 5.53. The van der Waals surface area contributed by atoms with Crippen LogP contribution in [0.1, 0.15) is 19.3 Å². The van der Waals surface area contributed by atoms with Crippen LogP contribution in [0, 0.1) is 0 Å². The first-order valence-electron chi connectivity index (χ1n) is 5.53. The molecule has 84 valence electrons. The number of nitrogens with one attached hydrogen (secondary N) is 2. The minimum Gasteiger partial charge on any atom is -0.347 e. The molecular formula is C10H17N3O2. The Hall–Kier alpha value is -1.10. The second-order valence-corrected chi connectivity index (χ2v) is 4.16. The van der Waals surface area contributed by atoms with Gasteiger partial charge in [0.15, 0.2) is 0 Å². The van der Waals surface area contributed by atoms with Gasteiger partial charge in [-0.2, -0.15) is 0 Å². The number of rotatable bonds is 2. The van der Waals surface area contributed by atoms with Gasteiger partial charge in [-0.25, -0.2) is 0 Å². The fraction of sp³-hybridized carbons (Fsp3) is 0.800. The summed E-state index contributed by atoms with van der Waals surface area (Å²) in [7, 11) is 0. The average Bonchev–Trinajstić information content (AvgIpc) is 2.67. The van der Waals surface area contributed by atoms with E-state index < -0.39 is 0 Å². The SMILES string of the molecule is O=C1CCN(CC2CCCN2)C(=O)CN1. The number of amides is 2. The van der Waals surface area contributed by atoms with E-state index in [1.165, 1.54) is 6.42 Å². The monoisotopic (exact) mass is 211 g/mol. The summed E-state index contributed by atoms with van der Waals surface area (Å²) in [6.07, 6.45) is 2.74. The Morgan fingerprint density at radius 2 is 2.27 bits per heavy atom. The van der Waals surface area contributed by atoms with Crippen molar-refractivity contribution in [3.8, 4) is 0 Å². The molecule has 1 atom stereocenters. The molecule has 5 heteroatoms. The molecule has 0 aliphatic carbocycles. The number of carbonyl (C=O) groups excluding carboxylic acids is 2. The molecule has 0 spiro atoms. The molecule has 2 rings (SSSR count). The van der Waals surface area contributed by atoms with Gasteiger partial charge in [-0.1, -0.05) is 0 Å². The maximum atomic E-state index is 11.6. The highest BCUT2D eigenvalue weighted by Crippen LogP contribution is 2.08. The van der Waals surface area contributed by atoms with Gasteiger partial charge in [0.2, 0.25) is 11.8 Å². The van der Waals surface area contributed by atoms with Crippen LogP contribution in [0.25, 0.3) is 0 Å². The summed E-state index contributed by atoms with van der Waals surface area (Å²) in [5.74, 6) is 0.0137. The minimum atomic E-state index is -0.0229. The molecule has 0 radical (unpaired) electrons. The molecule has 2 saturated heterocycles. The van der Waals surface area contributed by atoms with Crippen molar-refractivity contribution in [3.63, 3.8) is 0 Å². The van der Waals surface area contributed by atoms with Crippen LogP contribution in [-0.4, -0.2) is 48.9 Å². The molecule has 0 saturated carbocycles. The average molecular weight is 211 g/mol. The highest BCUT2D eigenvalue weighted by molar-refractivity contribution is 5.87. The zero-order chi connectivity index (χ0) is 10.7. The lowest BCUT2D eigenvalue weighted by Crippen LogP contribution is -2.42. The second-order valence-electron chi connectivity index (χ2n) is 4.16. The van der Waals surface area contributed by atoms with Crippen molar-refractivity contribution in [1.82, 2.24) is 15.5 Å². The quantitative estimate of drug-likeness (QED) is 0.621. The molecular weight excluding hydrogens is 194 g/mol. The number of hydrogen-bond acceptors (Lipinski definition) is 3. The van der Waals surface area contributed by atoms with E-state index in [1.54, 1.807) is 4.90 Å². The smallest absolute Gasteiger partial charge is 0.242 e. The zero-order valence-corrected chi connectivity index (χ0v) is 8.79. The van der Waals surface area contributed by atoms with Crippen LogP contribution >= 0.6 is 0 Å². The second kappa shape index (κ2) is 4.61. The van der Waals surface area contributed by atoms with E-state index in [0.717, 1.165) is 19.5 Å². The van der Waals surface area contributed by atoms with Crippen LogP contribution in [0.5, 0.6) is 0 Å². The van der Waals surface area contributed by atoms with E-state index in [2.05, 4.69) is 10.6 Å². The molecule has 0 aromatic rings. The van der Waals surface area contributed by atoms with Gasteiger partial charge in [0.25, 0.3) is 0 Å². The van der Waals surface area contributed by atoms with Crippen LogP contribution in [0.4, 0.5) is 0 Å². The van der Waals surface area contributed by atoms with Crippen LogP contribution in [0.2, 0.25) is 0 Å². The Balaban J connectivity index is 1.88. The molecule has 2 N–H and O–H groups in total. The van der Waals surface area contributed by atoms with Crippen molar-refractivity contribution in [1.29, 1.82) is 0 Å². The Morgan fingerprint density at radius 1 is 1.40 bits per heavy atom. The summed E-state index contributed by atoms with van der Waals surface area (Å²) in [5.41, 5.74) is 0. The van der Waals surface area contributed by atoms with Crippen LogP contribution < -0.4 is 10.6 Å².